The zero-order valence-corrected chi connectivity index (χ0v) is 9.86. The van der Waals surface area contributed by atoms with E-state index in [0.717, 1.165) is 16.3 Å². The van der Waals surface area contributed by atoms with Crippen molar-refractivity contribution in [2.75, 3.05) is 12.4 Å². The van der Waals surface area contributed by atoms with Crippen LogP contribution in [-0.4, -0.2) is 22.0 Å². The molecule has 0 saturated heterocycles. The number of hydrogen-bond acceptors (Lipinski definition) is 4. The molecule has 4 nitrogen and oxygen atoms in total. The topological polar surface area (TPSA) is 50.7 Å². The highest BCUT2D eigenvalue weighted by atomic mass is 35.5. The van der Waals surface area contributed by atoms with Gasteiger partial charge in [0, 0.05) is 29.0 Å². The van der Waals surface area contributed by atoms with E-state index in [1.54, 1.807) is 13.2 Å². The Morgan fingerprint density at radius 1 is 1.12 bits per heavy atom. The molecule has 3 aromatic rings. The second-order valence-corrected chi connectivity index (χ2v) is 4.12. The second-order valence-electron chi connectivity index (χ2n) is 3.68. The fourth-order valence-electron chi connectivity index (χ4n) is 1.72. The molecule has 0 radical (unpaired) electrons. The van der Waals surface area contributed by atoms with Crippen LogP contribution in [0.15, 0.2) is 30.5 Å². The van der Waals surface area contributed by atoms with Gasteiger partial charge in [-0.05, 0) is 24.3 Å². The lowest BCUT2D eigenvalue weighted by atomic mass is 10.2. The zero-order valence-electron chi connectivity index (χ0n) is 9.11. The summed E-state index contributed by atoms with van der Waals surface area (Å²) >= 11 is 5.95. The van der Waals surface area contributed by atoms with Crippen LogP contribution in [0.2, 0.25) is 5.02 Å². The van der Waals surface area contributed by atoms with Gasteiger partial charge in [-0.1, -0.05) is 11.6 Å². The molecule has 3 rings (SSSR count). The Labute approximate surface area is 103 Å². The van der Waals surface area contributed by atoms with E-state index in [1.807, 2.05) is 24.3 Å². The quantitative estimate of drug-likeness (QED) is 0.669. The first-order chi connectivity index (χ1) is 8.26. The summed E-state index contributed by atoms with van der Waals surface area (Å²) in [7, 11) is 1.78. The standard InChI is InChI=1S/C12H9ClN4/c1-14-12-15-6-8-4-7-5-9(13)2-3-10(7)16-11(8)17-12/h2-6H,1H3,(H,14,15,16,17). The number of anilines is 1. The lowest BCUT2D eigenvalue weighted by molar-refractivity contribution is 1.17. The fraction of sp³-hybridized carbons (Fsp3) is 0.0833. The summed E-state index contributed by atoms with van der Waals surface area (Å²) in [4.78, 5) is 12.9. The molecule has 0 bridgehead atoms. The van der Waals surface area contributed by atoms with Crippen molar-refractivity contribution in [1.82, 2.24) is 15.0 Å². The highest BCUT2D eigenvalue weighted by Gasteiger charge is 2.03. The van der Waals surface area contributed by atoms with Crippen LogP contribution in [0, 0.1) is 0 Å². The van der Waals surface area contributed by atoms with Crippen molar-refractivity contribution in [2.24, 2.45) is 0 Å². The van der Waals surface area contributed by atoms with E-state index in [-0.39, 0.29) is 0 Å². The van der Waals surface area contributed by atoms with E-state index in [4.69, 9.17) is 11.6 Å². The van der Waals surface area contributed by atoms with Crippen molar-refractivity contribution in [3.05, 3.63) is 35.5 Å². The van der Waals surface area contributed by atoms with Gasteiger partial charge in [0.15, 0.2) is 5.65 Å². The molecule has 0 amide bonds. The Kier molecular flexibility index (Phi) is 2.30. The van der Waals surface area contributed by atoms with Gasteiger partial charge in [0.2, 0.25) is 5.95 Å². The summed E-state index contributed by atoms with van der Waals surface area (Å²) in [5.41, 5.74) is 1.56. The van der Waals surface area contributed by atoms with Crippen LogP contribution >= 0.6 is 11.6 Å². The van der Waals surface area contributed by atoms with Crippen LogP contribution < -0.4 is 5.32 Å². The minimum Gasteiger partial charge on any atom is -0.357 e. The molecule has 0 unspecified atom stereocenters. The van der Waals surface area contributed by atoms with E-state index in [0.29, 0.717) is 16.6 Å². The molecule has 1 N–H and O–H groups in total. The number of rotatable bonds is 1. The van der Waals surface area contributed by atoms with E-state index >= 15 is 0 Å². The van der Waals surface area contributed by atoms with Gasteiger partial charge in [0.1, 0.15) is 0 Å². The summed E-state index contributed by atoms with van der Waals surface area (Å²) in [5, 5.41) is 5.49. The van der Waals surface area contributed by atoms with Gasteiger partial charge >= 0.3 is 0 Å². The molecule has 5 heteroatoms. The maximum absolute atomic E-state index is 5.95. The largest absolute Gasteiger partial charge is 0.357 e. The summed E-state index contributed by atoms with van der Waals surface area (Å²) < 4.78 is 0. The average Bonchev–Trinajstić information content (AvgIpc) is 2.35. The predicted octanol–water partition coefficient (Wildman–Crippen LogP) is 2.87. The molecule has 0 spiro atoms. The third kappa shape index (κ3) is 1.76. The van der Waals surface area contributed by atoms with Crippen molar-refractivity contribution in [2.45, 2.75) is 0 Å². The summed E-state index contributed by atoms with van der Waals surface area (Å²) in [6, 6.07) is 7.58. The number of benzene rings is 1. The minimum absolute atomic E-state index is 0.568. The molecule has 84 valence electrons. The number of nitrogens with zero attached hydrogens (tertiary/aromatic N) is 3. The number of nitrogens with one attached hydrogen (secondary N) is 1. The third-order valence-electron chi connectivity index (χ3n) is 2.55. The number of halogens is 1. The molecule has 0 atom stereocenters. The summed E-state index contributed by atoms with van der Waals surface area (Å²) in [5.74, 6) is 0.568. The van der Waals surface area contributed by atoms with E-state index in [1.165, 1.54) is 0 Å². The minimum atomic E-state index is 0.568. The maximum Gasteiger partial charge on any atom is 0.224 e. The smallest absolute Gasteiger partial charge is 0.224 e. The normalized spacial score (nSPS) is 10.9. The van der Waals surface area contributed by atoms with Crippen LogP contribution in [0.3, 0.4) is 0 Å². The van der Waals surface area contributed by atoms with Gasteiger partial charge in [-0.25, -0.2) is 9.97 Å². The summed E-state index contributed by atoms with van der Waals surface area (Å²) in [6.45, 7) is 0. The number of pyridine rings is 1. The van der Waals surface area contributed by atoms with E-state index in [2.05, 4.69) is 20.3 Å². The van der Waals surface area contributed by atoms with Gasteiger partial charge in [0.25, 0.3) is 0 Å². The van der Waals surface area contributed by atoms with Gasteiger partial charge in [-0.15, -0.1) is 0 Å². The van der Waals surface area contributed by atoms with Crippen LogP contribution in [0.25, 0.3) is 21.9 Å². The third-order valence-corrected chi connectivity index (χ3v) is 2.78. The number of fused-ring (bicyclic) bond motifs is 2. The van der Waals surface area contributed by atoms with Crippen LogP contribution in [0.4, 0.5) is 5.95 Å². The van der Waals surface area contributed by atoms with Gasteiger partial charge in [-0.3, -0.25) is 0 Å². The van der Waals surface area contributed by atoms with Crippen molar-refractivity contribution in [1.29, 1.82) is 0 Å². The van der Waals surface area contributed by atoms with Crippen LogP contribution in [-0.2, 0) is 0 Å². The Balaban J connectivity index is 2.35. The molecule has 0 saturated carbocycles. The summed E-state index contributed by atoms with van der Waals surface area (Å²) in [6.07, 6.45) is 1.75. The Morgan fingerprint density at radius 2 is 2.00 bits per heavy atom. The van der Waals surface area contributed by atoms with Gasteiger partial charge in [-0.2, -0.15) is 4.98 Å². The first kappa shape index (κ1) is 10.2. The molecule has 17 heavy (non-hydrogen) atoms. The van der Waals surface area contributed by atoms with Crippen LogP contribution in [0.5, 0.6) is 0 Å². The highest BCUT2D eigenvalue weighted by molar-refractivity contribution is 6.31. The molecule has 0 aliphatic heterocycles. The van der Waals surface area contributed by atoms with Gasteiger partial charge in [0.05, 0.1) is 5.52 Å². The molecule has 0 aliphatic carbocycles. The maximum atomic E-state index is 5.95. The molecule has 2 aromatic heterocycles. The molecule has 2 heterocycles. The van der Waals surface area contributed by atoms with E-state index in [9.17, 15) is 0 Å². The Hall–Kier alpha value is -1.94. The molecule has 0 aliphatic rings. The molecular formula is C12H9ClN4. The SMILES string of the molecule is CNc1ncc2cc3cc(Cl)ccc3nc2n1. The lowest BCUT2D eigenvalue weighted by Gasteiger charge is -2.03. The average molecular weight is 245 g/mol. The monoisotopic (exact) mass is 244 g/mol. The molecule has 1 aromatic carbocycles. The van der Waals surface area contributed by atoms with Crippen molar-refractivity contribution < 1.29 is 0 Å². The van der Waals surface area contributed by atoms with Crippen molar-refractivity contribution in [3.63, 3.8) is 0 Å². The number of aromatic nitrogens is 3. The second kappa shape index (κ2) is 3.82. The molecular weight excluding hydrogens is 236 g/mol. The predicted molar refractivity (Wildman–Crippen MR) is 69.4 cm³/mol. The Morgan fingerprint density at radius 3 is 2.82 bits per heavy atom. The molecule has 0 fully saturated rings. The van der Waals surface area contributed by atoms with Gasteiger partial charge < -0.3 is 5.32 Å². The van der Waals surface area contributed by atoms with E-state index < -0.39 is 0 Å². The first-order valence-electron chi connectivity index (χ1n) is 5.17. The van der Waals surface area contributed by atoms with Crippen LogP contribution in [0.1, 0.15) is 0 Å². The fourth-order valence-corrected chi connectivity index (χ4v) is 1.90. The Bertz CT molecular complexity index is 711. The number of hydrogen-bond donors (Lipinski definition) is 1. The first-order valence-corrected chi connectivity index (χ1v) is 5.55. The van der Waals surface area contributed by atoms with Crippen molar-refractivity contribution >= 4 is 39.5 Å². The lowest BCUT2D eigenvalue weighted by Crippen LogP contribution is -1.97. The zero-order chi connectivity index (χ0) is 11.8. The van der Waals surface area contributed by atoms with Crippen molar-refractivity contribution in [3.8, 4) is 0 Å². The highest BCUT2D eigenvalue weighted by Crippen LogP contribution is 2.21.